The molecule has 0 aromatic carbocycles. The van der Waals surface area contributed by atoms with Gasteiger partial charge in [0.05, 0.1) is 24.8 Å². The van der Waals surface area contributed by atoms with Gasteiger partial charge in [-0.1, -0.05) is 0 Å². The van der Waals surface area contributed by atoms with Gasteiger partial charge >= 0.3 is 0 Å². The summed E-state index contributed by atoms with van der Waals surface area (Å²) in [5, 5.41) is 18.6. The van der Waals surface area contributed by atoms with Gasteiger partial charge in [0.2, 0.25) is 5.43 Å². The number of aromatic hydroxyl groups is 1. The van der Waals surface area contributed by atoms with Gasteiger partial charge in [-0.2, -0.15) is 5.26 Å². The molecule has 1 aliphatic heterocycles. The Morgan fingerprint density at radius 2 is 2.30 bits per heavy atom. The minimum absolute atomic E-state index is 0.0408. The summed E-state index contributed by atoms with van der Waals surface area (Å²) in [4.78, 5) is 25.3. The Morgan fingerprint density at radius 3 is 2.95 bits per heavy atom. The van der Waals surface area contributed by atoms with E-state index in [-0.39, 0.29) is 18.8 Å². The summed E-state index contributed by atoms with van der Waals surface area (Å²) in [6.07, 6.45) is -0.0408. The summed E-state index contributed by atoms with van der Waals surface area (Å²) in [6.45, 7) is 0.880. The van der Waals surface area contributed by atoms with E-state index >= 15 is 0 Å². The number of rotatable bonds is 4. The van der Waals surface area contributed by atoms with Gasteiger partial charge in [0, 0.05) is 19.7 Å². The normalized spacial score (nSPS) is 13.6. The number of amides is 1. The van der Waals surface area contributed by atoms with Crippen molar-refractivity contribution in [2.24, 2.45) is 0 Å². The lowest BCUT2D eigenvalue weighted by Gasteiger charge is -2.32. The topological polar surface area (TPSA) is 108 Å². The fourth-order valence-corrected chi connectivity index (χ4v) is 2.00. The molecule has 0 radical (unpaired) electrons. The first kappa shape index (κ1) is 13.9. The van der Waals surface area contributed by atoms with Crippen LogP contribution in [-0.2, 0) is 11.2 Å². The maximum atomic E-state index is 12.3. The quantitative estimate of drug-likeness (QED) is 0.748. The molecule has 0 saturated carbocycles. The Bertz CT molecular complexity index is 632. The predicted octanol–water partition coefficient (Wildman–Crippen LogP) is -0.777. The number of nitrogens with one attached hydrogen (secondary N) is 1. The van der Waals surface area contributed by atoms with Gasteiger partial charge in [-0.05, 0) is 0 Å². The molecular weight excluding hydrogens is 264 g/mol. The lowest BCUT2D eigenvalue weighted by molar-refractivity contribution is 0.0661. The number of carbonyl (C=O) groups excluding carboxylic acids is 1. The number of hydrogen-bond donors (Lipinski definition) is 2. The Kier molecular flexibility index (Phi) is 3.91. The minimum Gasteiger partial charge on any atom is -0.502 e. The van der Waals surface area contributed by atoms with E-state index < -0.39 is 17.1 Å². The maximum Gasteiger partial charge on any atom is 0.277 e. The van der Waals surface area contributed by atoms with Gasteiger partial charge in [-0.15, -0.1) is 0 Å². The summed E-state index contributed by atoms with van der Waals surface area (Å²) in [5.74, 6) is -1.10. The zero-order chi connectivity index (χ0) is 14.7. The van der Waals surface area contributed by atoms with Gasteiger partial charge in [0.1, 0.15) is 6.67 Å². The second-order valence-corrected chi connectivity index (χ2v) is 4.25. The van der Waals surface area contributed by atoms with Crippen molar-refractivity contribution in [1.29, 1.82) is 5.26 Å². The molecule has 2 heterocycles. The number of fused-ring (bicyclic) bond motifs is 1. The zero-order valence-corrected chi connectivity index (χ0v) is 10.9. The molecule has 0 unspecified atom stereocenters. The van der Waals surface area contributed by atoms with Crippen LogP contribution in [0.5, 0.6) is 5.75 Å². The molecule has 2 N–H and O–H groups in total. The van der Waals surface area contributed by atoms with E-state index in [1.165, 1.54) is 16.7 Å². The Labute approximate surface area is 114 Å². The SMILES string of the molecule is COCCN1CNn2c(CC#N)cc(=O)c(O)c2C1=O. The molecule has 0 bridgehead atoms. The summed E-state index contributed by atoms with van der Waals surface area (Å²) >= 11 is 0. The number of carbonyl (C=O) groups is 1. The third-order valence-corrected chi connectivity index (χ3v) is 3.00. The molecule has 1 aromatic rings. The monoisotopic (exact) mass is 278 g/mol. The lowest BCUT2D eigenvalue weighted by atomic mass is 10.2. The highest BCUT2D eigenvalue weighted by molar-refractivity contribution is 5.96. The molecule has 1 amide bonds. The third-order valence-electron chi connectivity index (χ3n) is 3.00. The molecule has 0 atom stereocenters. The average Bonchev–Trinajstić information content (AvgIpc) is 2.43. The van der Waals surface area contributed by atoms with Crippen LogP contribution in [0.2, 0.25) is 0 Å². The molecular formula is C12H14N4O4. The van der Waals surface area contributed by atoms with Crippen LogP contribution < -0.4 is 10.9 Å². The van der Waals surface area contributed by atoms with E-state index in [2.05, 4.69) is 5.43 Å². The fraction of sp³-hybridized carbons (Fsp3) is 0.417. The molecule has 8 nitrogen and oxygen atoms in total. The van der Waals surface area contributed by atoms with Crippen LogP contribution in [0.3, 0.4) is 0 Å². The average molecular weight is 278 g/mol. The highest BCUT2D eigenvalue weighted by atomic mass is 16.5. The number of nitrogens with zero attached hydrogens (tertiary/aromatic N) is 3. The highest BCUT2D eigenvalue weighted by Gasteiger charge is 2.29. The van der Waals surface area contributed by atoms with Crippen LogP contribution in [-0.4, -0.2) is 47.5 Å². The van der Waals surface area contributed by atoms with Crippen LogP contribution in [0.4, 0.5) is 0 Å². The number of ether oxygens (including phenoxy) is 1. The van der Waals surface area contributed by atoms with Crippen molar-refractivity contribution in [1.82, 2.24) is 9.58 Å². The standard InChI is InChI=1S/C12H14N4O4/c1-20-5-4-15-7-14-16-8(2-3-13)6-9(17)11(18)10(16)12(15)19/h6,14,18H,2,4-5,7H2,1H3. The van der Waals surface area contributed by atoms with Gasteiger partial charge in [0.25, 0.3) is 5.91 Å². The van der Waals surface area contributed by atoms with Crippen LogP contribution in [0.1, 0.15) is 16.2 Å². The lowest BCUT2D eigenvalue weighted by Crippen LogP contribution is -2.48. The van der Waals surface area contributed by atoms with E-state index in [1.807, 2.05) is 6.07 Å². The van der Waals surface area contributed by atoms with Gasteiger partial charge in [-0.3, -0.25) is 14.3 Å². The van der Waals surface area contributed by atoms with E-state index in [4.69, 9.17) is 10.00 Å². The van der Waals surface area contributed by atoms with Crippen LogP contribution >= 0.6 is 0 Å². The second kappa shape index (κ2) is 5.63. The molecule has 0 aliphatic carbocycles. The van der Waals surface area contributed by atoms with Crippen LogP contribution in [0, 0.1) is 11.3 Å². The maximum absolute atomic E-state index is 12.3. The molecule has 1 aliphatic rings. The van der Waals surface area contributed by atoms with Crippen molar-refractivity contribution in [2.75, 3.05) is 32.4 Å². The summed E-state index contributed by atoms with van der Waals surface area (Å²) in [5.41, 5.74) is 2.40. The van der Waals surface area contributed by atoms with Crippen LogP contribution in [0.15, 0.2) is 10.9 Å². The third kappa shape index (κ3) is 2.31. The molecule has 1 aromatic heterocycles. The van der Waals surface area contributed by atoms with Crippen molar-refractivity contribution < 1.29 is 14.6 Å². The molecule has 0 saturated heterocycles. The zero-order valence-electron chi connectivity index (χ0n) is 10.9. The molecule has 20 heavy (non-hydrogen) atoms. The van der Waals surface area contributed by atoms with E-state index in [1.54, 1.807) is 0 Å². The molecule has 0 fully saturated rings. The number of hydrogen-bond acceptors (Lipinski definition) is 6. The Morgan fingerprint density at radius 1 is 1.55 bits per heavy atom. The molecule has 0 spiro atoms. The number of methoxy groups -OCH3 is 1. The first-order valence-corrected chi connectivity index (χ1v) is 5.97. The van der Waals surface area contributed by atoms with Crippen molar-refractivity contribution in [3.8, 4) is 11.8 Å². The second-order valence-electron chi connectivity index (χ2n) is 4.25. The number of pyridine rings is 1. The Hall–Kier alpha value is -2.53. The molecule has 106 valence electrons. The van der Waals surface area contributed by atoms with E-state index in [9.17, 15) is 14.7 Å². The first-order chi connectivity index (χ1) is 9.60. The predicted molar refractivity (Wildman–Crippen MR) is 68.8 cm³/mol. The number of aromatic nitrogens is 1. The highest BCUT2D eigenvalue weighted by Crippen LogP contribution is 2.19. The van der Waals surface area contributed by atoms with E-state index in [0.29, 0.717) is 18.8 Å². The van der Waals surface area contributed by atoms with Crippen molar-refractivity contribution >= 4 is 5.91 Å². The molecule has 2 rings (SSSR count). The van der Waals surface area contributed by atoms with Gasteiger partial charge in [0.15, 0.2) is 11.4 Å². The van der Waals surface area contributed by atoms with E-state index in [0.717, 1.165) is 6.07 Å². The smallest absolute Gasteiger partial charge is 0.277 e. The van der Waals surface area contributed by atoms with Crippen molar-refractivity contribution in [2.45, 2.75) is 6.42 Å². The minimum atomic E-state index is -0.676. The summed E-state index contributed by atoms with van der Waals surface area (Å²) < 4.78 is 6.20. The first-order valence-electron chi connectivity index (χ1n) is 5.97. The summed E-state index contributed by atoms with van der Waals surface area (Å²) in [7, 11) is 1.52. The number of nitriles is 1. The molecule has 8 heteroatoms. The summed E-state index contributed by atoms with van der Waals surface area (Å²) in [6, 6.07) is 3.06. The Balaban J connectivity index is 2.47. The van der Waals surface area contributed by atoms with Crippen LogP contribution in [0.25, 0.3) is 0 Å². The van der Waals surface area contributed by atoms with Gasteiger partial charge < -0.3 is 20.2 Å². The fourth-order valence-electron chi connectivity index (χ4n) is 2.00. The van der Waals surface area contributed by atoms with Crippen molar-refractivity contribution in [3.63, 3.8) is 0 Å². The largest absolute Gasteiger partial charge is 0.502 e. The van der Waals surface area contributed by atoms with Gasteiger partial charge in [-0.25, -0.2) is 0 Å². The van der Waals surface area contributed by atoms with Crippen molar-refractivity contribution in [3.05, 3.63) is 27.7 Å².